The molecule has 0 bridgehead atoms. The van der Waals surface area contributed by atoms with E-state index in [9.17, 15) is 29.8 Å². The van der Waals surface area contributed by atoms with Crippen molar-refractivity contribution >= 4 is 23.9 Å². The lowest BCUT2D eigenvalue weighted by Gasteiger charge is -2.48. The molecule has 1 aliphatic heterocycles. The first-order valence-electron chi connectivity index (χ1n) is 12.1. The van der Waals surface area contributed by atoms with Crippen LogP contribution < -0.4 is 0 Å². The predicted octanol–water partition coefficient (Wildman–Crippen LogP) is 1.64. The van der Waals surface area contributed by atoms with E-state index in [1.165, 1.54) is 6.92 Å². The van der Waals surface area contributed by atoms with Crippen molar-refractivity contribution in [2.75, 3.05) is 0 Å². The summed E-state index contributed by atoms with van der Waals surface area (Å²) >= 11 is 0. The number of ether oxygens (including phenoxy) is 6. The minimum absolute atomic E-state index is 0.247. The molecule has 1 heterocycles. The van der Waals surface area contributed by atoms with Gasteiger partial charge >= 0.3 is 23.9 Å². The molecule has 0 aromatic rings. The highest BCUT2D eigenvalue weighted by Gasteiger charge is 2.55. The molecule has 0 radical (unpaired) electrons. The van der Waals surface area contributed by atoms with Gasteiger partial charge in [-0.1, -0.05) is 15.3 Å². The van der Waals surface area contributed by atoms with Gasteiger partial charge in [0, 0.05) is 42.4 Å². The summed E-state index contributed by atoms with van der Waals surface area (Å²) in [6.45, 7) is 5.64. The van der Waals surface area contributed by atoms with Crippen molar-refractivity contribution in [1.82, 2.24) is 0 Å². The van der Waals surface area contributed by atoms with Crippen LogP contribution >= 0.6 is 0 Å². The zero-order valence-corrected chi connectivity index (χ0v) is 22.6. The van der Waals surface area contributed by atoms with Crippen molar-refractivity contribution in [3.63, 3.8) is 0 Å². The molecule has 20 heteroatoms. The average Bonchev–Trinajstić information content (AvgIpc) is 2.86. The van der Waals surface area contributed by atoms with E-state index in [1.54, 1.807) is 0 Å². The van der Waals surface area contributed by atoms with Crippen molar-refractivity contribution in [2.45, 2.75) is 108 Å². The van der Waals surface area contributed by atoms with E-state index in [-0.39, 0.29) is 6.42 Å². The van der Waals surface area contributed by atoms with Gasteiger partial charge in [0.1, 0.15) is 30.5 Å². The maximum absolute atomic E-state index is 12.0. The zero-order valence-electron chi connectivity index (χ0n) is 22.6. The standard InChI is InChI=1S/C21H29N9O11/c1-7(36-8(2)31)16-20(39-11(5)34)19(38-10(4)33)14(27-30-24)21(40-16)41-18-13(26-29-23)6-12(25-28-22)17(15(18)35)37-9(3)32/h7,12-21,35H,6H2,1-5H3/t7-,12-,13?,14?,15?,16?,17?,18-,19?,20-,21-/m1/s1. The molecule has 6 unspecified atom stereocenters. The monoisotopic (exact) mass is 583 g/mol. The molecule has 2 rings (SSSR count). The minimum atomic E-state index is -1.78. The van der Waals surface area contributed by atoms with Crippen LogP contribution in [0.25, 0.3) is 31.3 Å². The van der Waals surface area contributed by atoms with E-state index >= 15 is 0 Å². The summed E-state index contributed by atoms with van der Waals surface area (Å²) in [5.74, 6) is -3.28. The first-order chi connectivity index (χ1) is 19.3. The molecule has 41 heavy (non-hydrogen) atoms. The van der Waals surface area contributed by atoms with Crippen molar-refractivity contribution in [3.05, 3.63) is 31.3 Å². The molecular formula is C21H29N9O11. The molecule has 2 fully saturated rings. The normalized spacial score (nSPS) is 33.3. The topological polar surface area (TPSA) is 290 Å². The average molecular weight is 584 g/mol. The number of azide groups is 3. The third-order valence-electron chi connectivity index (χ3n) is 6.07. The van der Waals surface area contributed by atoms with Gasteiger partial charge in [0.25, 0.3) is 0 Å². The van der Waals surface area contributed by atoms with Crippen LogP contribution in [0.4, 0.5) is 0 Å². The third-order valence-corrected chi connectivity index (χ3v) is 6.07. The summed E-state index contributed by atoms with van der Waals surface area (Å²) in [5, 5.41) is 21.9. The summed E-state index contributed by atoms with van der Waals surface area (Å²) in [7, 11) is 0. The Morgan fingerprint density at radius 2 is 1.27 bits per heavy atom. The second kappa shape index (κ2) is 14.9. The Hall–Kier alpha value is -4.31. The van der Waals surface area contributed by atoms with Gasteiger partial charge < -0.3 is 33.5 Å². The van der Waals surface area contributed by atoms with Gasteiger partial charge in [0.05, 0.1) is 18.2 Å². The highest BCUT2D eigenvalue weighted by Crippen LogP contribution is 2.36. The minimum Gasteiger partial charge on any atom is -0.460 e. The van der Waals surface area contributed by atoms with Crippen molar-refractivity contribution < 1.29 is 52.7 Å². The SMILES string of the molecule is CC(=O)OC1C(N=[N+]=[N-])[C@@H](O[C@@H]2C(N=[N+]=[N-])C[C@@H](N=[N+]=[N-])C(OC(C)=O)C2O)OC([C@@H](C)OC(C)=O)[C@H]1OC(C)=O. The first-order valence-corrected chi connectivity index (χ1v) is 12.1. The van der Waals surface area contributed by atoms with Crippen LogP contribution in [0.2, 0.25) is 0 Å². The van der Waals surface area contributed by atoms with E-state index < -0.39 is 91.0 Å². The molecule has 1 N–H and O–H groups in total. The van der Waals surface area contributed by atoms with E-state index in [4.69, 9.17) is 39.5 Å². The number of hydrogen-bond donors (Lipinski definition) is 1. The Morgan fingerprint density at radius 1 is 0.780 bits per heavy atom. The number of esters is 4. The number of hydrogen-bond acceptors (Lipinski definition) is 14. The lowest BCUT2D eigenvalue weighted by Crippen LogP contribution is -2.65. The molecular weight excluding hydrogens is 554 g/mol. The molecule has 224 valence electrons. The first kappa shape index (κ1) is 32.9. The number of aliphatic hydroxyl groups is 1. The van der Waals surface area contributed by atoms with Crippen molar-refractivity contribution in [1.29, 1.82) is 0 Å². The Kier molecular flexibility index (Phi) is 12.0. The number of carbonyl (C=O) groups is 4. The molecule has 2 aliphatic rings. The van der Waals surface area contributed by atoms with Crippen LogP contribution in [0.1, 0.15) is 41.0 Å². The van der Waals surface area contributed by atoms with Crippen LogP contribution in [0.15, 0.2) is 15.3 Å². The van der Waals surface area contributed by atoms with Gasteiger partial charge in [0.2, 0.25) is 0 Å². The fourth-order valence-corrected chi connectivity index (χ4v) is 4.68. The van der Waals surface area contributed by atoms with Gasteiger partial charge in [-0.2, -0.15) is 0 Å². The fourth-order valence-electron chi connectivity index (χ4n) is 4.68. The molecule has 0 spiro atoms. The van der Waals surface area contributed by atoms with Crippen LogP contribution in [-0.4, -0.2) is 96.1 Å². The summed E-state index contributed by atoms with van der Waals surface area (Å²) in [4.78, 5) is 55.5. The Morgan fingerprint density at radius 3 is 1.76 bits per heavy atom. The summed E-state index contributed by atoms with van der Waals surface area (Å²) < 4.78 is 32.9. The maximum atomic E-state index is 12.0. The van der Waals surface area contributed by atoms with E-state index in [0.717, 1.165) is 27.7 Å². The van der Waals surface area contributed by atoms with E-state index in [2.05, 4.69) is 30.1 Å². The maximum Gasteiger partial charge on any atom is 0.303 e. The second-order valence-electron chi connectivity index (χ2n) is 9.07. The highest BCUT2D eigenvalue weighted by atomic mass is 16.7. The Balaban J connectivity index is 2.62. The second-order valence-corrected chi connectivity index (χ2v) is 9.07. The van der Waals surface area contributed by atoms with Crippen LogP contribution in [-0.2, 0) is 47.6 Å². The third kappa shape index (κ3) is 8.59. The van der Waals surface area contributed by atoms with Crippen LogP contribution in [0.3, 0.4) is 0 Å². The van der Waals surface area contributed by atoms with Gasteiger partial charge in [-0.05, 0) is 29.9 Å². The quantitative estimate of drug-likeness (QED) is 0.127. The molecule has 0 aromatic carbocycles. The summed E-state index contributed by atoms with van der Waals surface area (Å²) in [5.41, 5.74) is 27.4. The Bertz CT molecular complexity index is 1150. The highest BCUT2D eigenvalue weighted by molar-refractivity contribution is 5.68. The molecule has 0 amide bonds. The van der Waals surface area contributed by atoms with Gasteiger partial charge in [0.15, 0.2) is 18.5 Å². The van der Waals surface area contributed by atoms with Crippen LogP contribution in [0.5, 0.6) is 0 Å². The largest absolute Gasteiger partial charge is 0.460 e. The van der Waals surface area contributed by atoms with Gasteiger partial charge in [-0.3, -0.25) is 19.2 Å². The molecule has 20 nitrogen and oxygen atoms in total. The molecule has 11 atom stereocenters. The van der Waals surface area contributed by atoms with Crippen LogP contribution in [0, 0.1) is 0 Å². The number of nitrogens with zero attached hydrogens (tertiary/aromatic N) is 9. The number of aliphatic hydroxyl groups excluding tert-OH is 1. The molecule has 1 aliphatic carbocycles. The van der Waals surface area contributed by atoms with Crippen molar-refractivity contribution in [2.24, 2.45) is 15.3 Å². The number of rotatable bonds is 10. The lowest BCUT2D eigenvalue weighted by molar-refractivity contribution is -0.305. The zero-order chi connectivity index (χ0) is 30.9. The smallest absolute Gasteiger partial charge is 0.303 e. The molecule has 1 saturated heterocycles. The molecule has 0 aromatic heterocycles. The fraction of sp³-hybridized carbons (Fsp3) is 0.810. The molecule has 1 saturated carbocycles. The Labute approximate surface area is 232 Å². The summed E-state index contributed by atoms with van der Waals surface area (Å²) in [6, 6.07) is -3.97. The number of carbonyl (C=O) groups excluding carboxylic acids is 4. The van der Waals surface area contributed by atoms with Gasteiger partial charge in [-0.25, -0.2) is 0 Å². The van der Waals surface area contributed by atoms with E-state index in [1.807, 2.05) is 0 Å². The summed E-state index contributed by atoms with van der Waals surface area (Å²) in [6.07, 6.45) is -12.3. The van der Waals surface area contributed by atoms with Crippen molar-refractivity contribution in [3.8, 4) is 0 Å². The van der Waals surface area contributed by atoms with E-state index in [0.29, 0.717) is 0 Å². The predicted molar refractivity (Wildman–Crippen MR) is 131 cm³/mol. The lowest BCUT2D eigenvalue weighted by atomic mass is 9.84. The van der Waals surface area contributed by atoms with Gasteiger partial charge in [-0.15, -0.1) is 0 Å².